The number of hydrogen-bond acceptors (Lipinski definition) is 2. The minimum Gasteiger partial charge on any atom is -0.481 e. The van der Waals surface area contributed by atoms with E-state index in [-0.39, 0.29) is 12.2 Å². The lowest BCUT2D eigenvalue weighted by atomic mass is 9.82. The predicted molar refractivity (Wildman–Crippen MR) is 84.9 cm³/mol. The molecule has 0 amide bonds. The quantitative estimate of drug-likeness (QED) is 0.770. The third-order valence-electron chi connectivity index (χ3n) is 3.99. The number of ketones is 1. The van der Waals surface area contributed by atoms with E-state index in [9.17, 15) is 14.7 Å². The van der Waals surface area contributed by atoms with E-state index in [4.69, 9.17) is 0 Å². The molecule has 0 aliphatic heterocycles. The summed E-state index contributed by atoms with van der Waals surface area (Å²) < 4.78 is 0. The molecule has 3 nitrogen and oxygen atoms in total. The summed E-state index contributed by atoms with van der Waals surface area (Å²) in [5.74, 6) is -0.990. The minimum atomic E-state index is -1.03. The Labute approximate surface area is 127 Å². The smallest absolute Gasteiger partial charge is 0.309 e. The molecule has 0 aliphatic rings. The Bertz CT molecular complexity index is 516. The van der Waals surface area contributed by atoms with Gasteiger partial charge in [-0.3, -0.25) is 9.59 Å². The molecule has 0 radical (unpaired) electrons. The number of hydrogen-bond donors (Lipinski definition) is 1. The Balaban J connectivity index is 3.28. The van der Waals surface area contributed by atoms with E-state index in [1.54, 1.807) is 13.8 Å². The zero-order valence-corrected chi connectivity index (χ0v) is 13.7. The molecule has 1 N–H and O–H groups in total. The van der Waals surface area contributed by atoms with Crippen molar-refractivity contribution in [1.29, 1.82) is 0 Å². The second-order valence-electron chi connectivity index (χ2n) is 6.14. The lowest BCUT2D eigenvalue weighted by molar-refractivity contribution is -0.146. The first-order valence-electron chi connectivity index (χ1n) is 7.68. The average Bonchev–Trinajstić information content (AvgIpc) is 2.44. The first-order chi connectivity index (χ1) is 9.76. The van der Waals surface area contributed by atoms with Gasteiger partial charge in [0.15, 0.2) is 5.78 Å². The van der Waals surface area contributed by atoms with Gasteiger partial charge in [0, 0.05) is 12.0 Å². The summed E-state index contributed by atoms with van der Waals surface area (Å²) >= 11 is 0. The summed E-state index contributed by atoms with van der Waals surface area (Å²) in [5, 5.41) is 9.22. The average molecular weight is 290 g/mol. The molecule has 116 valence electrons. The Morgan fingerprint density at radius 3 is 1.81 bits per heavy atom. The van der Waals surface area contributed by atoms with Crippen LogP contribution >= 0.6 is 0 Å². The maximum Gasteiger partial charge on any atom is 0.309 e. The number of benzene rings is 1. The fraction of sp³-hybridized carbons (Fsp3) is 0.556. The summed E-state index contributed by atoms with van der Waals surface area (Å²) in [6.45, 7) is 9.37. The summed E-state index contributed by atoms with van der Waals surface area (Å²) in [5.41, 5.74) is 3.02. The Morgan fingerprint density at radius 1 is 1.00 bits per heavy atom. The molecule has 0 saturated carbocycles. The van der Waals surface area contributed by atoms with Gasteiger partial charge in [0.25, 0.3) is 0 Å². The van der Waals surface area contributed by atoms with Crippen LogP contribution in [-0.2, 0) is 24.1 Å². The van der Waals surface area contributed by atoms with E-state index in [0.29, 0.717) is 0 Å². The van der Waals surface area contributed by atoms with Gasteiger partial charge in [0.1, 0.15) is 0 Å². The zero-order chi connectivity index (χ0) is 16.2. The predicted octanol–water partition coefficient (Wildman–Crippen LogP) is 4.06. The van der Waals surface area contributed by atoms with Crippen molar-refractivity contribution in [1.82, 2.24) is 0 Å². The van der Waals surface area contributed by atoms with Gasteiger partial charge in [0.2, 0.25) is 0 Å². The molecule has 0 fully saturated rings. The van der Waals surface area contributed by atoms with Crippen LogP contribution in [0.15, 0.2) is 12.1 Å². The van der Waals surface area contributed by atoms with E-state index in [1.807, 2.05) is 13.8 Å². The van der Waals surface area contributed by atoms with Crippen LogP contribution in [0.25, 0.3) is 0 Å². The molecule has 0 heterocycles. The van der Waals surface area contributed by atoms with Crippen molar-refractivity contribution in [3.8, 4) is 0 Å². The Morgan fingerprint density at radius 2 is 1.48 bits per heavy atom. The highest BCUT2D eigenvalue weighted by Crippen LogP contribution is 2.27. The lowest BCUT2D eigenvalue weighted by Gasteiger charge is -2.21. The van der Waals surface area contributed by atoms with Gasteiger partial charge in [-0.2, -0.15) is 0 Å². The molecule has 0 bridgehead atoms. The molecular formula is C18H26O3. The van der Waals surface area contributed by atoms with Gasteiger partial charge in [-0.25, -0.2) is 0 Å². The van der Waals surface area contributed by atoms with Crippen molar-refractivity contribution in [2.75, 3.05) is 0 Å². The van der Waals surface area contributed by atoms with Crippen LogP contribution in [0.2, 0.25) is 0 Å². The molecule has 3 heteroatoms. The van der Waals surface area contributed by atoms with Crippen LogP contribution < -0.4 is 0 Å². The third-order valence-corrected chi connectivity index (χ3v) is 3.99. The fourth-order valence-electron chi connectivity index (χ4n) is 2.53. The summed E-state index contributed by atoms with van der Waals surface area (Å²) in [7, 11) is 0. The molecular weight excluding hydrogens is 264 g/mol. The maximum absolute atomic E-state index is 12.7. The number of aliphatic carboxylic acids is 1. The topological polar surface area (TPSA) is 54.4 Å². The number of carboxylic acids is 1. The van der Waals surface area contributed by atoms with Crippen LogP contribution in [-0.4, -0.2) is 16.9 Å². The van der Waals surface area contributed by atoms with Gasteiger partial charge in [-0.05, 0) is 49.8 Å². The van der Waals surface area contributed by atoms with Crippen LogP contribution in [0.4, 0.5) is 0 Å². The molecule has 0 atom stereocenters. The monoisotopic (exact) mass is 290 g/mol. The van der Waals surface area contributed by atoms with Crippen LogP contribution in [0, 0.1) is 5.41 Å². The SMILES string of the molecule is CCc1cc(CC)c(C(=O)CC(C)(C)C(=O)O)c(CC)c1. The second kappa shape index (κ2) is 6.88. The summed E-state index contributed by atoms with van der Waals surface area (Å²) in [6.07, 6.45) is 2.55. The minimum absolute atomic E-state index is 0.0355. The number of carbonyl (C=O) groups is 2. The number of carboxylic acid groups (broad SMARTS) is 1. The highest BCUT2D eigenvalue weighted by Gasteiger charge is 2.31. The normalized spacial score (nSPS) is 11.5. The Hall–Kier alpha value is -1.64. The zero-order valence-electron chi connectivity index (χ0n) is 13.7. The second-order valence-corrected chi connectivity index (χ2v) is 6.14. The van der Waals surface area contributed by atoms with Crippen molar-refractivity contribution in [3.05, 3.63) is 34.4 Å². The largest absolute Gasteiger partial charge is 0.481 e. The first-order valence-corrected chi connectivity index (χ1v) is 7.68. The fourth-order valence-corrected chi connectivity index (χ4v) is 2.53. The molecule has 0 aliphatic carbocycles. The molecule has 1 aromatic rings. The van der Waals surface area contributed by atoms with Gasteiger partial charge in [-0.15, -0.1) is 0 Å². The first kappa shape index (κ1) is 17.4. The number of carbonyl (C=O) groups excluding carboxylic acids is 1. The van der Waals surface area contributed by atoms with E-state index >= 15 is 0 Å². The third kappa shape index (κ3) is 3.93. The van der Waals surface area contributed by atoms with E-state index < -0.39 is 11.4 Å². The molecule has 1 aromatic carbocycles. The molecule has 0 unspecified atom stereocenters. The highest BCUT2D eigenvalue weighted by atomic mass is 16.4. The van der Waals surface area contributed by atoms with E-state index in [0.717, 1.165) is 36.0 Å². The molecule has 21 heavy (non-hydrogen) atoms. The summed E-state index contributed by atoms with van der Waals surface area (Å²) in [4.78, 5) is 23.9. The lowest BCUT2D eigenvalue weighted by Crippen LogP contribution is -2.27. The van der Waals surface area contributed by atoms with Crippen LogP contribution in [0.5, 0.6) is 0 Å². The van der Waals surface area contributed by atoms with Crippen LogP contribution in [0.3, 0.4) is 0 Å². The van der Waals surface area contributed by atoms with Crippen molar-refractivity contribution < 1.29 is 14.7 Å². The van der Waals surface area contributed by atoms with Crippen molar-refractivity contribution in [2.24, 2.45) is 5.41 Å². The molecule has 0 aromatic heterocycles. The van der Waals surface area contributed by atoms with Crippen LogP contribution in [0.1, 0.15) is 68.1 Å². The van der Waals surface area contributed by atoms with Crippen molar-refractivity contribution >= 4 is 11.8 Å². The van der Waals surface area contributed by atoms with Gasteiger partial charge in [-0.1, -0.05) is 32.9 Å². The van der Waals surface area contributed by atoms with E-state index in [1.165, 1.54) is 5.56 Å². The van der Waals surface area contributed by atoms with Gasteiger partial charge >= 0.3 is 5.97 Å². The van der Waals surface area contributed by atoms with E-state index in [2.05, 4.69) is 19.1 Å². The maximum atomic E-state index is 12.7. The molecule has 0 spiro atoms. The Kier molecular flexibility index (Phi) is 5.70. The number of rotatable bonds is 7. The van der Waals surface area contributed by atoms with Gasteiger partial charge < -0.3 is 5.11 Å². The van der Waals surface area contributed by atoms with Gasteiger partial charge in [0.05, 0.1) is 5.41 Å². The number of Topliss-reactive ketones (excluding diaryl/α,β-unsaturated/α-hetero) is 1. The van der Waals surface area contributed by atoms with Crippen molar-refractivity contribution in [2.45, 2.75) is 60.3 Å². The number of aryl methyl sites for hydroxylation is 3. The molecule has 1 rings (SSSR count). The van der Waals surface area contributed by atoms with Crippen molar-refractivity contribution in [3.63, 3.8) is 0 Å². The molecule has 0 saturated heterocycles. The summed E-state index contributed by atoms with van der Waals surface area (Å²) in [6, 6.07) is 4.17. The standard InChI is InChI=1S/C18H26O3/c1-6-12-9-13(7-2)16(14(8-3)10-12)15(19)11-18(4,5)17(20)21/h9-10H,6-8,11H2,1-5H3,(H,20,21). The highest BCUT2D eigenvalue weighted by molar-refractivity contribution is 6.01.